The van der Waals surface area contributed by atoms with Crippen LogP contribution in [0.5, 0.6) is 0 Å². The van der Waals surface area contributed by atoms with Crippen molar-refractivity contribution in [2.75, 3.05) is 26.2 Å². The highest BCUT2D eigenvalue weighted by Crippen LogP contribution is 2.29. The van der Waals surface area contributed by atoms with E-state index in [1.54, 1.807) is 18.3 Å². The van der Waals surface area contributed by atoms with Gasteiger partial charge >= 0.3 is 0 Å². The van der Waals surface area contributed by atoms with Gasteiger partial charge in [0.15, 0.2) is 5.76 Å². The Balaban J connectivity index is 1.26. The van der Waals surface area contributed by atoms with Crippen LogP contribution >= 0.6 is 0 Å². The summed E-state index contributed by atoms with van der Waals surface area (Å²) in [6.45, 7) is 3.56. The Labute approximate surface area is 203 Å². The van der Waals surface area contributed by atoms with Gasteiger partial charge in [-0.3, -0.25) is 14.5 Å². The summed E-state index contributed by atoms with van der Waals surface area (Å²) in [5.74, 6) is 0.654. The number of carbonyl (C=O) groups is 2. The second kappa shape index (κ2) is 9.95. The Morgan fingerprint density at radius 3 is 2.26 bits per heavy atom. The lowest BCUT2D eigenvalue weighted by molar-refractivity contribution is 0.0629. The van der Waals surface area contributed by atoms with E-state index in [2.05, 4.69) is 9.88 Å². The summed E-state index contributed by atoms with van der Waals surface area (Å²) in [7, 11) is 0. The van der Waals surface area contributed by atoms with E-state index < -0.39 is 5.91 Å². The summed E-state index contributed by atoms with van der Waals surface area (Å²) in [5, 5.41) is 0. The second-order valence-corrected chi connectivity index (χ2v) is 8.57. The number of rotatable bonds is 6. The molecule has 0 spiro atoms. The molecule has 0 radical (unpaired) electrons. The first kappa shape index (κ1) is 22.6. The first-order valence-electron chi connectivity index (χ1n) is 11.6. The molecule has 0 atom stereocenters. The molecule has 176 valence electrons. The van der Waals surface area contributed by atoms with Crippen LogP contribution < -0.4 is 5.73 Å². The van der Waals surface area contributed by atoms with Gasteiger partial charge in [-0.1, -0.05) is 54.6 Å². The Morgan fingerprint density at radius 2 is 1.54 bits per heavy atom. The number of carbonyl (C=O) groups excluding carboxylic acids is 2. The maximum absolute atomic E-state index is 13.4. The molecule has 35 heavy (non-hydrogen) atoms. The third-order valence-corrected chi connectivity index (χ3v) is 6.26. The molecule has 0 aliphatic carbocycles. The van der Waals surface area contributed by atoms with Crippen molar-refractivity contribution in [3.05, 3.63) is 102 Å². The van der Waals surface area contributed by atoms with Crippen molar-refractivity contribution in [1.29, 1.82) is 0 Å². The van der Waals surface area contributed by atoms with Crippen LogP contribution in [0.1, 0.15) is 26.3 Å². The summed E-state index contributed by atoms with van der Waals surface area (Å²) in [6, 6.07) is 24.6. The van der Waals surface area contributed by atoms with Gasteiger partial charge in [0.25, 0.3) is 5.91 Å². The number of benzene rings is 3. The molecule has 2 N–H and O–H groups in total. The molecule has 0 saturated carbocycles. The van der Waals surface area contributed by atoms with Gasteiger partial charge in [-0.05, 0) is 29.8 Å². The molecule has 2 heterocycles. The molecule has 0 bridgehead atoms. The molecule has 2 amide bonds. The molecule has 1 aromatic heterocycles. The summed E-state index contributed by atoms with van der Waals surface area (Å²) in [5.41, 5.74) is 9.15. The number of aromatic nitrogens is 1. The summed E-state index contributed by atoms with van der Waals surface area (Å²) in [4.78, 5) is 33.3. The standard InChI is InChI=1S/C28H26N4O3/c29-26(33)22-12-10-20(11-13-22)19-31-14-16-32(17-15-31)28(34)24-9-5-4-8-23(24)27-30-18-25(35-27)21-6-2-1-3-7-21/h1-13,18H,14-17,19H2,(H2,29,33). The average molecular weight is 467 g/mol. The van der Waals surface area contributed by atoms with Gasteiger partial charge in [0.1, 0.15) is 0 Å². The van der Waals surface area contributed by atoms with E-state index in [0.29, 0.717) is 41.4 Å². The topological polar surface area (TPSA) is 92.7 Å². The maximum atomic E-state index is 13.4. The highest BCUT2D eigenvalue weighted by molar-refractivity contribution is 6.00. The highest BCUT2D eigenvalue weighted by atomic mass is 16.4. The van der Waals surface area contributed by atoms with Crippen molar-refractivity contribution < 1.29 is 14.0 Å². The molecule has 7 nitrogen and oxygen atoms in total. The third kappa shape index (κ3) is 5.00. The van der Waals surface area contributed by atoms with Gasteiger partial charge in [-0.2, -0.15) is 0 Å². The Bertz CT molecular complexity index is 1320. The van der Waals surface area contributed by atoms with Gasteiger partial charge in [-0.25, -0.2) is 4.98 Å². The maximum Gasteiger partial charge on any atom is 0.254 e. The van der Waals surface area contributed by atoms with E-state index >= 15 is 0 Å². The fourth-order valence-electron chi connectivity index (χ4n) is 4.30. The number of oxazole rings is 1. The molecule has 1 aliphatic heterocycles. The molecule has 3 aromatic carbocycles. The van der Waals surface area contributed by atoms with E-state index in [-0.39, 0.29) is 5.91 Å². The molecule has 5 rings (SSSR count). The molecule has 0 unspecified atom stereocenters. The van der Waals surface area contributed by atoms with Gasteiger partial charge < -0.3 is 15.1 Å². The first-order chi connectivity index (χ1) is 17.1. The van der Waals surface area contributed by atoms with Crippen molar-refractivity contribution in [2.24, 2.45) is 5.73 Å². The van der Waals surface area contributed by atoms with Crippen molar-refractivity contribution in [3.63, 3.8) is 0 Å². The van der Waals surface area contributed by atoms with Crippen LogP contribution in [0, 0.1) is 0 Å². The van der Waals surface area contributed by atoms with Crippen LogP contribution in [0.3, 0.4) is 0 Å². The van der Waals surface area contributed by atoms with E-state index in [9.17, 15) is 9.59 Å². The van der Waals surface area contributed by atoms with Gasteiger partial charge in [0.05, 0.1) is 11.8 Å². The zero-order valence-electron chi connectivity index (χ0n) is 19.3. The highest BCUT2D eigenvalue weighted by Gasteiger charge is 2.25. The SMILES string of the molecule is NC(=O)c1ccc(CN2CCN(C(=O)c3ccccc3-c3ncc(-c4ccccc4)o3)CC2)cc1. The van der Waals surface area contributed by atoms with Crippen LogP contribution in [0.15, 0.2) is 89.5 Å². The normalized spacial score (nSPS) is 14.1. The van der Waals surface area contributed by atoms with Gasteiger partial charge in [0.2, 0.25) is 11.8 Å². The van der Waals surface area contributed by atoms with Crippen molar-refractivity contribution in [3.8, 4) is 22.8 Å². The number of piperazine rings is 1. The van der Waals surface area contributed by atoms with Crippen LogP contribution in [-0.2, 0) is 6.54 Å². The zero-order chi connectivity index (χ0) is 24.2. The number of nitrogens with two attached hydrogens (primary N) is 1. The van der Waals surface area contributed by atoms with Gasteiger partial charge in [0, 0.05) is 49.4 Å². The minimum atomic E-state index is -0.426. The van der Waals surface area contributed by atoms with E-state index in [0.717, 1.165) is 30.8 Å². The summed E-state index contributed by atoms with van der Waals surface area (Å²) < 4.78 is 6.02. The molecule has 1 fully saturated rings. The second-order valence-electron chi connectivity index (χ2n) is 8.57. The van der Waals surface area contributed by atoms with Crippen molar-refractivity contribution >= 4 is 11.8 Å². The molecule has 1 saturated heterocycles. The fraction of sp³-hybridized carbons (Fsp3) is 0.179. The number of amides is 2. The predicted octanol–water partition coefficient (Wildman–Crippen LogP) is 4.07. The van der Waals surface area contributed by atoms with Crippen molar-refractivity contribution in [1.82, 2.24) is 14.8 Å². The van der Waals surface area contributed by atoms with E-state index in [1.165, 1.54) is 0 Å². The monoisotopic (exact) mass is 466 g/mol. The van der Waals surface area contributed by atoms with Crippen molar-refractivity contribution in [2.45, 2.75) is 6.54 Å². The van der Waals surface area contributed by atoms with Crippen LogP contribution in [0.2, 0.25) is 0 Å². The average Bonchev–Trinajstić information content (AvgIpc) is 3.40. The molecule has 1 aliphatic rings. The third-order valence-electron chi connectivity index (χ3n) is 6.26. The van der Waals surface area contributed by atoms with Gasteiger partial charge in [-0.15, -0.1) is 0 Å². The Hall–Kier alpha value is -4.23. The zero-order valence-corrected chi connectivity index (χ0v) is 19.3. The molecule has 4 aromatic rings. The fourth-order valence-corrected chi connectivity index (χ4v) is 4.30. The Kier molecular flexibility index (Phi) is 6.41. The largest absolute Gasteiger partial charge is 0.436 e. The predicted molar refractivity (Wildman–Crippen MR) is 134 cm³/mol. The van der Waals surface area contributed by atoms with Crippen LogP contribution in [0.4, 0.5) is 0 Å². The first-order valence-corrected chi connectivity index (χ1v) is 11.6. The number of nitrogens with zero attached hydrogens (tertiary/aromatic N) is 3. The number of hydrogen-bond acceptors (Lipinski definition) is 5. The van der Waals surface area contributed by atoms with Crippen LogP contribution in [-0.4, -0.2) is 52.8 Å². The lowest BCUT2D eigenvalue weighted by Crippen LogP contribution is -2.48. The molecular weight excluding hydrogens is 440 g/mol. The smallest absolute Gasteiger partial charge is 0.254 e. The molecule has 7 heteroatoms. The minimum absolute atomic E-state index is 0.0227. The summed E-state index contributed by atoms with van der Waals surface area (Å²) in [6.07, 6.45) is 1.70. The Morgan fingerprint density at radius 1 is 0.857 bits per heavy atom. The van der Waals surface area contributed by atoms with E-state index in [4.69, 9.17) is 10.2 Å². The number of hydrogen-bond donors (Lipinski definition) is 1. The minimum Gasteiger partial charge on any atom is -0.436 e. The summed E-state index contributed by atoms with van der Waals surface area (Å²) >= 11 is 0. The number of primary amides is 1. The molecular formula is C28H26N4O3. The van der Waals surface area contributed by atoms with Crippen LogP contribution in [0.25, 0.3) is 22.8 Å². The van der Waals surface area contributed by atoms with E-state index in [1.807, 2.05) is 71.6 Å². The lowest BCUT2D eigenvalue weighted by atomic mass is 10.1. The quantitative estimate of drug-likeness (QED) is 0.463. The lowest BCUT2D eigenvalue weighted by Gasteiger charge is -2.35.